The number of hydrogen-bond donors (Lipinski definition) is 3. The fraction of sp³-hybridized carbons (Fsp3) is 0.360. The maximum atomic E-state index is 13.3. The van der Waals surface area contributed by atoms with E-state index < -0.39 is 18.0 Å². The van der Waals surface area contributed by atoms with Crippen molar-refractivity contribution in [3.05, 3.63) is 59.7 Å². The summed E-state index contributed by atoms with van der Waals surface area (Å²) < 4.78 is 5.27. The van der Waals surface area contributed by atoms with Gasteiger partial charge >= 0.3 is 0 Å². The molecule has 1 saturated heterocycles. The molecule has 4 rings (SSSR count). The van der Waals surface area contributed by atoms with Crippen LogP contribution in [0.3, 0.4) is 0 Å². The molecule has 2 aliphatic heterocycles. The van der Waals surface area contributed by atoms with E-state index in [1.165, 1.54) is 13.2 Å². The summed E-state index contributed by atoms with van der Waals surface area (Å²) >= 11 is 0. The second-order valence-corrected chi connectivity index (χ2v) is 8.40. The van der Waals surface area contributed by atoms with E-state index in [0.29, 0.717) is 30.8 Å². The Morgan fingerprint density at radius 3 is 2.59 bits per heavy atom. The van der Waals surface area contributed by atoms with E-state index >= 15 is 0 Å². The number of rotatable bonds is 3. The van der Waals surface area contributed by atoms with Gasteiger partial charge in [-0.05, 0) is 36.6 Å². The Hall–Kier alpha value is -3.88. The summed E-state index contributed by atoms with van der Waals surface area (Å²) in [6.07, 6.45) is 1.60. The van der Waals surface area contributed by atoms with Gasteiger partial charge in [-0.1, -0.05) is 30.3 Å². The molecule has 2 aromatic rings. The van der Waals surface area contributed by atoms with Crippen molar-refractivity contribution in [2.45, 2.75) is 37.8 Å². The molecule has 2 atom stereocenters. The van der Waals surface area contributed by atoms with E-state index in [4.69, 9.17) is 4.74 Å². The minimum absolute atomic E-state index is 0.0787. The van der Waals surface area contributed by atoms with Crippen molar-refractivity contribution in [3.8, 4) is 5.75 Å². The summed E-state index contributed by atoms with van der Waals surface area (Å²) in [5, 5.41) is 8.38. The fourth-order valence-corrected chi connectivity index (χ4v) is 4.36. The summed E-state index contributed by atoms with van der Waals surface area (Å²) in [6, 6.07) is 12.6. The molecule has 0 aromatic heterocycles. The highest BCUT2D eigenvalue weighted by atomic mass is 16.5. The lowest BCUT2D eigenvalue weighted by Gasteiger charge is -2.26. The number of benzene rings is 2. The van der Waals surface area contributed by atoms with Crippen molar-refractivity contribution in [1.29, 1.82) is 0 Å². The van der Waals surface area contributed by atoms with Gasteiger partial charge in [0.1, 0.15) is 17.8 Å². The molecule has 0 spiro atoms. The van der Waals surface area contributed by atoms with Gasteiger partial charge in [-0.25, -0.2) is 0 Å². The maximum Gasteiger partial charge on any atom is 0.254 e. The highest BCUT2D eigenvalue weighted by Crippen LogP contribution is 2.25. The predicted molar refractivity (Wildman–Crippen MR) is 125 cm³/mol. The van der Waals surface area contributed by atoms with E-state index in [-0.39, 0.29) is 42.7 Å². The average molecular weight is 465 g/mol. The van der Waals surface area contributed by atoms with E-state index in [0.717, 1.165) is 5.56 Å². The SMILES string of the molecule is COc1ccc2c(c1)C(=O)N[C@@H](Cc1ccccc1)C(=O)NCCC(=O)N1CCC[C@H]1C(=O)N2. The summed E-state index contributed by atoms with van der Waals surface area (Å²) in [5.41, 5.74) is 1.34. The highest BCUT2D eigenvalue weighted by Gasteiger charge is 2.35. The molecular formula is C25H28N4O5. The van der Waals surface area contributed by atoms with Crippen molar-refractivity contribution < 1.29 is 23.9 Å². The molecule has 34 heavy (non-hydrogen) atoms. The minimum atomic E-state index is -0.873. The Morgan fingerprint density at radius 1 is 1.03 bits per heavy atom. The summed E-state index contributed by atoms with van der Waals surface area (Å²) in [6.45, 7) is 0.603. The number of hydrogen-bond acceptors (Lipinski definition) is 5. The van der Waals surface area contributed by atoms with Crippen molar-refractivity contribution in [2.24, 2.45) is 0 Å². The van der Waals surface area contributed by atoms with Crippen LogP contribution in [0, 0.1) is 0 Å². The zero-order valence-corrected chi connectivity index (χ0v) is 19.0. The maximum absolute atomic E-state index is 13.3. The highest BCUT2D eigenvalue weighted by molar-refractivity contribution is 6.07. The first-order valence-electron chi connectivity index (χ1n) is 11.4. The van der Waals surface area contributed by atoms with Gasteiger partial charge in [-0.3, -0.25) is 19.2 Å². The van der Waals surface area contributed by atoms with Gasteiger partial charge in [0, 0.05) is 25.9 Å². The monoisotopic (exact) mass is 464 g/mol. The van der Waals surface area contributed by atoms with Gasteiger partial charge < -0.3 is 25.6 Å². The molecule has 4 amide bonds. The Balaban J connectivity index is 1.69. The quantitative estimate of drug-likeness (QED) is 0.636. The largest absolute Gasteiger partial charge is 0.497 e. The molecule has 2 aliphatic rings. The van der Waals surface area contributed by atoms with Gasteiger partial charge in [0.25, 0.3) is 5.91 Å². The van der Waals surface area contributed by atoms with Crippen LogP contribution in [0.2, 0.25) is 0 Å². The Labute approximate surface area is 197 Å². The average Bonchev–Trinajstić information content (AvgIpc) is 3.34. The number of ether oxygens (including phenoxy) is 1. The van der Waals surface area contributed by atoms with E-state index in [2.05, 4.69) is 16.0 Å². The molecule has 178 valence electrons. The van der Waals surface area contributed by atoms with Crippen LogP contribution < -0.4 is 20.7 Å². The molecule has 0 saturated carbocycles. The number of anilines is 1. The van der Waals surface area contributed by atoms with Gasteiger partial charge in [-0.15, -0.1) is 0 Å². The number of carbonyl (C=O) groups excluding carboxylic acids is 4. The third-order valence-electron chi connectivity index (χ3n) is 6.15. The van der Waals surface area contributed by atoms with Crippen molar-refractivity contribution in [1.82, 2.24) is 15.5 Å². The molecule has 2 heterocycles. The lowest BCUT2D eigenvalue weighted by atomic mass is 10.0. The topological polar surface area (TPSA) is 117 Å². The molecule has 2 aromatic carbocycles. The molecule has 1 fully saturated rings. The van der Waals surface area contributed by atoms with Crippen LogP contribution in [-0.2, 0) is 20.8 Å². The third-order valence-corrected chi connectivity index (χ3v) is 6.15. The fourth-order valence-electron chi connectivity index (χ4n) is 4.36. The predicted octanol–water partition coefficient (Wildman–Crippen LogP) is 1.49. The first-order chi connectivity index (χ1) is 16.5. The number of nitrogens with one attached hydrogen (secondary N) is 3. The Bertz CT molecular complexity index is 1090. The number of fused-ring (bicyclic) bond motifs is 2. The van der Waals surface area contributed by atoms with Crippen molar-refractivity contribution >= 4 is 29.3 Å². The van der Waals surface area contributed by atoms with Gasteiger partial charge in [0.2, 0.25) is 17.7 Å². The first kappa shape index (κ1) is 23.3. The van der Waals surface area contributed by atoms with E-state index in [1.807, 2.05) is 30.3 Å². The summed E-state index contributed by atoms with van der Waals surface area (Å²) in [5.74, 6) is -0.984. The number of carbonyl (C=O) groups is 4. The normalized spacial score (nSPS) is 21.5. The molecule has 3 N–H and O–H groups in total. The van der Waals surface area contributed by atoms with Gasteiger partial charge in [-0.2, -0.15) is 0 Å². The second kappa shape index (κ2) is 10.4. The molecule has 0 radical (unpaired) electrons. The van der Waals surface area contributed by atoms with Gasteiger partial charge in [0.15, 0.2) is 0 Å². The Morgan fingerprint density at radius 2 is 1.82 bits per heavy atom. The van der Waals surface area contributed by atoms with Gasteiger partial charge in [0.05, 0.1) is 18.4 Å². The van der Waals surface area contributed by atoms with Crippen LogP contribution in [0.4, 0.5) is 5.69 Å². The number of nitrogens with zero attached hydrogens (tertiary/aromatic N) is 1. The standard InChI is InChI=1S/C25H28N4O5/c1-34-17-9-10-19-18(15-17)23(31)28-20(14-16-6-3-2-4-7-16)24(32)26-12-11-22(30)29-13-5-8-21(29)25(33)27-19/h2-4,6-7,9-10,15,20-21H,5,8,11-14H2,1H3,(H,26,32)(H,27,33)(H,28,31)/t20-,21-/m0/s1. The molecule has 9 heteroatoms. The summed E-state index contributed by atoms with van der Waals surface area (Å²) in [7, 11) is 1.48. The molecule has 0 unspecified atom stereocenters. The van der Waals surface area contributed by atoms with Crippen LogP contribution in [-0.4, -0.2) is 60.8 Å². The zero-order valence-electron chi connectivity index (χ0n) is 19.0. The molecule has 9 nitrogen and oxygen atoms in total. The smallest absolute Gasteiger partial charge is 0.254 e. The lowest BCUT2D eigenvalue weighted by Crippen LogP contribution is -2.50. The van der Waals surface area contributed by atoms with E-state index in [1.54, 1.807) is 17.0 Å². The Kier molecular flexibility index (Phi) is 7.10. The van der Waals surface area contributed by atoms with Crippen LogP contribution in [0.5, 0.6) is 5.75 Å². The van der Waals surface area contributed by atoms with Crippen molar-refractivity contribution in [3.63, 3.8) is 0 Å². The number of methoxy groups -OCH3 is 1. The molecule has 0 bridgehead atoms. The van der Waals surface area contributed by atoms with Crippen LogP contribution >= 0.6 is 0 Å². The minimum Gasteiger partial charge on any atom is -0.497 e. The zero-order chi connectivity index (χ0) is 24.1. The molecular weight excluding hydrogens is 436 g/mol. The van der Waals surface area contributed by atoms with E-state index in [9.17, 15) is 19.2 Å². The first-order valence-corrected chi connectivity index (χ1v) is 11.4. The van der Waals surface area contributed by atoms with Crippen LogP contribution in [0.1, 0.15) is 35.2 Å². The van der Waals surface area contributed by atoms with Crippen LogP contribution in [0.25, 0.3) is 0 Å². The lowest BCUT2D eigenvalue weighted by molar-refractivity contribution is -0.136. The molecule has 0 aliphatic carbocycles. The number of amides is 4. The second-order valence-electron chi connectivity index (χ2n) is 8.40. The summed E-state index contributed by atoms with van der Waals surface area (Å²) in [4.78, 5) is 53.7. The third kappa shape index (κ3) is 5.19. The van der Waals surface area contributed by atoms with Crippen molar-refractivity contribution in [2.75, 3.05) is 25.5 Å². The van der Waals surface area contributed by atoms with Crippen LogP contribution in [0.15, 0.2) is 48.5 Å².